The van der Waals surface area contributed by atoms with E-state index in [-0.39, 0.29) is 24.2 Å². The number of rotatable bonds is 10. The monoisotopic (exact) mass is 835 g/mol. The van der Waals surface area contributed by atoms with Crippen LogP contribution in [0.2, 0.25) is 0 Å². The Morgan fingerprint density at radius 3 is 2.08 bits per heavy atom. The molecule has 1 aliphatic heterocycles. The summed E-state index contributed by atoms with van der Waals surface area (Å²) in [6.07, 6.45) is -9.31. The van der Waals surface area contributed by atoms with Gasteiger partial charge < -0.3 is 48.7 Å². The second kappa shape index (κ2) is 16.3. The van der Waals surface area contributed by atoms with E-state index >= 15 is 4.79 Å². The largest absolute Gasteiger partial charge is 0.456 e. The van der Waals surface area contributed by atoms with Gasteiger partial charge in [0, 0.05) is 39.4 Å². The van der Waals surface area contributed by atoms with Gasteiger partial charge in [-0.3, -0.25) is 9.59 Å². The summed E-state index contributed by atoms with van der Waals surface area (Å²) in [5, 5.41) is 28.0. The lowest BCUT2D eigenvalue weighted by molar-refractivity contribution is -0.347. The lowest BCUT2D eigenvalue weighted by Gasteiger charge is -2.67. The molecule has 2 bridgehead atoms. The van der Waals surface area contributed by atoms with E-state index in [2.05, 4.69) is 5.32 Å². The van der Waals surface area contributed by atoms with Crippen LogP contribution in [0.5, 0.6) is 0 Å². The number of alkyl carbamates (subject to hydrolysis) is 1. The molecule has 0 radical (unpaired) electrons. The van der Waals surface area contributed by atoms with E-state index in [9.17, 15) is 29.4 Å². The van der Waals surface area contributed by atoms with Crippen molar-refractivity contribution in [3.8, 4) is 0 Å². The first kappa shape index (κ1) is 44.9. The number of fused-ring (bicyclic) bond motifs is 5. The summed E-state index contributed by atoms with van der Waals surface area (Å²) in [5.74, 6) is -4.52. The molecule has 0 spiro atoms. The van der Waals surface area contributed by atoms with Crippen molar-refractivity contribution in [1.29, 1.82) is 0 Å². The zero-order valence-electron chi connectivity index (χ0n) is 35.8. The number of aliphatic hydroxyl groups is 2. The van der Waals surface area contributed by atoms with Crippen molar-refractivity contribution in [2.75, 3.05) is 20.8 Å². The number of ether oxygens (including phenoxy) is 7. The summed E-state index contributed by atoms with van der Waals surface area (Å²) in [4.78, 5) is 70.1. The molecule has 1 saturated heterocycles. The second-order valence-corrected chi connectivity index (χ2v) is 18.0. The SMILES string of the molecule is COC1C(=O)[C@]2(C)C(OC)C[C@H]3OC[C@@]3(OC(C)=O)[C@H]2C(OC(=O)c2ccccc2)[C@@]2(O)CC(OC(=O)C(O)C(NC(=O)OC(C)(C)C)c3ccccc3)C(C)=C1C2(C)C. The number of Topliss-reactive ketones (excluding diaryl/α,β-unsaturated/α-hetero) is 1. The maximum absolute atomic E-state index is 15.5. The smallest absolute Gasteiger partial charge is 0.408 e. The van der Waals surface area contributed by atoms with Crippen LogP contribution in [0.4, 0.5) is 4.79 Å². The number of nitrogens with one attached hydrogen (secondary N) is 1. The Hall–Kier alpha value is -4.67. The Kier molecular flexibility index (Phi) is 12.2. The molecule has 4 aliphatic rings. The Labute approximate surface area is 350 Å². The normalized spacial score (nSPS) is 33.0. The van der Waals surface area contributed by atoms with Crippen LogP contribution in [0.25, 0.3) is 0 Å². The molecule has 6 rings (SSSR count). The van der Waals surface area contributed by atoms with Gasteiger partial charge in [0.15, 0.2) is 17.5 Å². The van der Waals surface area contributed by atoms with E-state index in [1.807, 2.05) is 0 Å². The number of methoxy groups -OCH3 is 2. The van der Waals surface area contributed by atoms with Crippen LogP contribution in [0, 0.1) is 16.7 Å². The fourth-order valence-corrected chi connectivity index (χ4v) is 10.1. The Balaban J connectivity index is 1.52. The van der Waals surface area contributed by atoms with Gasteiger partial charge in [0.25, 0.3) is 0 Å². The quantitative estimate of drug-likeness (QED) is 0.171. The first-order valence-electron chi connectivity index (χ1n) is 20.1. The van der Waals surface area contributed by atoms with Crippen molar-refractivity contribution >= 4 is 29.8 Å². The minimum absolute atomic E-state index is 0.121. The minimum Gasteiger partial charge on any atom is -0.456 e. The second-order valence-electron chi connectivity index (χ2n) is 18.0. The summed E-state index contributed by atoms with van der Waals surface area (Å²) < 4.78 is 42.4. The molecule has 3 aliphatic carbocycles. The van der Waals surface area contributed by atoms with Crippen molar-refractivity contribution in [2.24, 2.45) is 16.7 Å². The lowest BCUT2D eigenvalue weighted by atomic mass is 9.44. The maximum Gasteiger partial charge on any atom is 0.408 e. The molecule has 15 nitrogen and oxygen atoms in total. The molecule has 2 aromatic rings. The summed E-state index contributed by atoms with van der Waals surface area (Å²) in [7, 11) is 2.78. The number of amides is 1. The molecule has 60 heavy (non-hydrogen) atoms. The van der Waals surface area contributed by atoms with Gasteiger partial charge >= 0.3 is 24.0 Å². The zero-order chi connectivity index (χ0) is 44.2. The van der Waals surface area contributed by atoms with Gasteiger partial charge in [-0.1, -0.05) is 62.4 Å². The van der Waals surface area contributed by atoms with Crippen molar-refractivity contribution < 1.29 is 67.3 Å². The highest BCUT2D eigenvalue weighted by atomic mass is 16.6. The molecule has 3 fully saturated rings. The Morgan fingerprint density at radius 1 is 0.933 bits per heavy atom. The molecule has 1 heterocycles. The van der Waals surface area contributed by atoms with Crippen LogP contribution < -0.4 is 5.32 Å². The van der Waals surface area contributed by atoms with Crippen LogP contribution in [0.1, 0.15) is 90.2 Å². The van der Waals surface area contributed by atoms with Gasteiger partial charge in [0.1, 0.15) is 35.6 Å². The highest BCUT2D eigenvalue weighted by Crippen LogP contribution is 2.64. The van der Waals surface area contributed by atoms with Crippen molar-refractivity contribution in [3.05, 3.63) is 82.9 Å². The number of ketones is 1. The molecule has 6 unspecified atom stereocenters. The topological polar surface area (TPSA) is 202 Å². The molecule has 326 valence electrons. The fraction of sp³-hybridized carbons (Fsp3) is 0.578. The number of hydrogen-bond acceptors (Lipinski definition) is 14. The first-order chi connectivity index (χ1) is 28.1. The third kappa shape index (κ3) is 7.52. The summed E-state index contributed by atoms with van der Waals surface area (Å²) in [5.41, 5.74) is -6.72. The van der Waals surface area contributed by atoms with E-state index in [0.717, 1.165) is 0 Å². The van der Waals surface area contributed by atoms with E-state index in [1.54, 1.807) is 109 Å². The Bertz CT molecular complexity index is 2010. The number of carbonyl (C=O) groups excluding carboxylic acids is 5. The number of hydrogen-bond donors (Lipinski definition) is 3. The molecular formula is C45H57NO14. The maximum atomic E-state index is 15.5. The molecular weight excluding hydrogens is 778 g/mol. The van der Waals surface area contributed by atoms with Gasteiger partial charge in [-0.05, 0) is 63.5 Å². The van der Waals surface area contributed by atoms with Crippen LogP contribution >= 0.6 is 0 Å². The van der Waals surface area contributed by atoms with Crippen molar-refractivity contribution in [3.63, 3.8) is 0 Å². The van der Waals surface area contributed by atoms with Gasteiger partial charge in [0.05, 0.1) is 35.6 Å². The number of esters is 3. The predicted molar refractivity (Wildman–Crippen MR) is 213 cm³/mol. The van der Waals surface area contributed by atoms with Gasteiger partial charge in [-0.15, -0.1) is 0 Å². The zero-order valence-corrected chi connectivity index (χ0v) is 35.8. The molecule has 0 aromatic heterocycles. The molecule has 2 aromatic carbocycles. The third-order valence-electron chi connectivity index (χ3n) is 13.0. The number of carbonyl (C=O) groups is 5. The van der Waals surface area contributed by atoms with E-state index in [1.165, 1.54) is 21.1 Å². The van der Waals surface area contributed by atoms with E-state index in [0.29, 0.717) is 11.1 Å². The van der Waals surface area contributed by atoms with E-state index in [4.69, 9.17) is 33.2 Å². The average Bonchev–Trinajstić information content (AvgIpc) is 3.18. The van der Waals surface area contributed by atoms with Crippen LogP contribution in [0.3, 0.4) is 0 Å². The molecule has 3 N–H and O–H groups in total. The third-order valence-corrected chi connectivity index (χ3v) is 13.0. The summed E-state index contributed by atoms with van der Waals surface area (Å²) in [6.45, 7) is 12.7. The Morgan fingerprint density at radius 2 is 1.55 bits per heavy atom. The average molecular weight is 836 g/mol. The van der Waals surface area contributed by atoms with Crippen molar-refractivity contribution in [2.45, 2.75) is 128 Å². The molecule has 2 saturated carbocycles. The molecule has 11 atom stereocenters. The predicted octanol–water partition coefficient (Wildman–Crippen LogP) is 4.57. The number of benzene rings is 2. The van der Waals surface area contributed by atoms with Gasteiger partial charge in [-0.2, -0.15) is 0 Å². The van der Waals surface area contributed by atoms with Crippen LogP contribution in [-0.2, 0) is 47.5 Å². The first-order valence-corrected chi connectivity index (χ1v) is 20.1. The van der Waals surface area contributed by atoms with Crippen molar-refractivity contribution in [1.82, 2.24) is 5.32 Å². The highest BCUT2D eigenvalue weighted by molar-refractivity contribution is 5.94. The highest BCUT2D eigenvalue weighted by Gasteiger charge is 2.78. The van der Waals surface area contributed by atoms with Gasteiger partial charge in [-0.25, -0.2) is 14.4 Å². The van der Waals surface area contributed by atoms with E-state index < -0.39 is 112 Å². The fourth-order valence-electron chi connectivity index (χ4n) is 10.1. The van der Waals surface area contributed by atoms with Crippen LogP contribution in [0.15, 0.2) is 71.8 Å². The summed E-state index contributed by atoms with van der Waals surface area (Å²) >= 11 is 0. The van der Waals surface area contributed by atoms with Crippen LogP contribution in [-0.4, -0.2) is 114 Å². The molecule has 15 heteroatoms. The number of aliphatic hydroxyl groups excluding tert-OH is 1. The summed E-state index contributed by atoms with van der Waals surface area (Å²) in [6, 6.07) is 15.1. The van der Waals surface area contributed by atoms with Gasteiger partial charge in [0.2, 0.25) is 0 Å². The lowest BCUT2D eigenvalue weighted by Crippen LogP contribution is -2.82. The standard InChI is InChI=1S/C45H57NO14/c1-24-28(57-39(51)33(48)32(26-17-13-11-14-18-26)46-40(52)60-41(3,4)5)22-45(53)37(58-38(50)27-19-15-12-16-20-27)35-43(8,36(49)34(55-10)31(24)42(45,6)7)29(54-9)21-30-44(35,23-56-30)59-25(2)47/h11-20,28-30,32-35,37,48,53H,21-23H2,1-10H3,(H,46,52)/t28?,29?,30-,32?,33?,34?,35+,37?,43-,44+,45+/m1/s1. The molecule has 1 amide bonds. The minimum atomic E-state index is -2.22.